The second kappa shape index (κ2) is 7.44. The third-order valence-electron chi connectivity index (χ3n) is 4.24. The highest BCUT2D eigenvalue weighted by Crippen LogP contribution is 2.36. The molecule has 1 aliphatic heterocycles. The van der Waals surface area contributed by atoms with Crippen LogP contribution in [0.25, 0.3) is 6.08 Å². The van der Waals surface area contributed by atoms with Crippen LogP contribution in [0, 0.1) is 11.6 Å². The van der Waals surface area contributed by atoms with Gasteiger partial charge in [0.1, 0.15) is 29.7 Å². The largest absolute Gasteiger partial charge is 0.489 e. The van der Waals surface area contributed by atoms with Crippen molar-refractivity contribution in [3.63, 3.8) is 0 Å². The molecule has 0 saturated carbocycles. The molecule has 6 heteroatoms. The maximum atomic E-state index is 14.0. The van der Waals surface area contributed by atoms with Crippen LogP contribution in [-0.4, -0.2) is 5.78 Å². The van der Waals surface area contributed by atoms with Crippen LogP contribution in [0.15, 0.2) is 66.4 Å². The molecule has 0 saturated heterocycles. The lowest BCUT2D eigenvalue weighted by Crippen LogP contribution is -1.99. The van der Waals surface area contributed by atoms with E-state index >= 15 is 0 Å². The van der Waals surface area contributed by atoms with Gasteiger partial charge in [0.25, 0.3) is 0 Å². The topological polar surface area (TPSA) is 35.5 Å². The van der Waals surface area contributed by atoms with E-state index in [4.69, 9.17) is 21.1 Å². The maximum Gasteiger partial charge on any atom is 0.231 e. The smallest absolute Gasteiger partial charge is 0.231 e. The highest BCUT2D eigenvalue weighted by molar-refractivity contribution is 6.32. The Morgan fingerprint density at radius 3 is 2.57 bits per heavy atom. The van der Waals surface area contributed by atoms with Gasteiger partial charge in [-0.1, -0.05) is 29.8 Å². The highest BCUT2D eigenvalue weighted by Gasteiger charge is 2.28. The van der Waals surface area contributed by atoms with Crippen molar-refractivity contribution in [1.29, 1.82) is 0 Å². The van der Waals surface area contributed by atoms with Crippen molar-refractivity contribution >= 4 is 23.5 Å². The van der Waals surface area contributed by atoms with E-state index in [-0.39, 0.29) is 34.6 Å². The van der Waals surface area contributed by atoms with Crippen molar-refractivity contribution in [2.75, 3.05) is 0 Å². The van der Waals surface area contributed by atoms with Crippen LogP contribution in [0.4, 0.5) is 8.78 Å². The third-order valence-corrected chi connectivity index (χ3v) is 4.56. The van der Waals surface area contributed by atoms with Gasteiger partial charge in [0.15, 0.2) is 5.76 Å². The molecule has 0 spiro atoms. The van der Waals surface area contributed by atoms with Gasteiger partial charge in [-0.3, -0.25) is 4.79 Å². The zero-order valence-electron chi connectivity index (χ0n) is 14.4. The highest BCUT2D eigenvalue weighted by atomic mass is 35.5. The Bertz CT molecular complexity index is 1070. The summed E-state index contributed by atoms with van der Waals surface area (Å²) >= 11 is 6.01. The van der Waals surface area contributed by atoms with Gasteiger partial charge >= 0.3 is 0 Å². The number of Topliss-reactive ketones (excluding diaryl/α,β-unsaturated/α-hetero) is 1. The molecule has 0 aromatic heterocycles. The summed E-state index contributed by atoms with van der Waals surface area (Å²) in [6.45, 7) is 0.237. The molecular weight excluding hydrogens is 386 g/mol. The number of carbonyl (C=O) groups is 1. The van der Waals surface area contributed by atoms with Crippen molar-refractivity contribution in [1.82, 2.24) is 0 Å². The quantitative estimate of drug-likeness (QED) is 0.520. The maximum absolute atomic E-state index is 14.0. The normalized spacial score (nSPS) is 14.1. The fraction of sp³-hybridized carbons (Fsp3) is 0.0455. The zero-order chi connectivity index (χ0) is 19.7. The number of carbonyl (C=O) groups excluding carboxylic acids is 1. The molecule has 3 aromatic carbocycles. The Balaban J connectivity index is 1.54. The molecule has 0 atom stereocenters. The fourth-order valence-corrected chi connectivity index (χ4v) is 3.00. The Kier molecular flexibility index (Phi) is 4.84. The average Bonchev–Trinajstić information content (AvgIpc) is 2.99. The molecule has 0 N–H and O–H groups in total. The van der Waals surface area contributed by atoms with Gasteiger partial charge in [0.05, 0.1) is 10.6 Å². The van der Waals surface area contributed by atoms with Crippen LogP contribution in [0.3, 0.4) is 0 Å². The Morgan fingerprint density at radius 2 is 1.82 bits per heavy atom. The van der Waals surface area contributed by atoms with E-state index in [0.29, 0.717) is 17.1 Å². The molecular formula is C22H13ClF2O3. The van der Waals surface area contributed by atoms with E-state index < -0.39 is 5.82 Å². The SMILES string of the molecule is O=C1/C(=C/c2c(F)cccc2Cl)Oc2cc(OCc3ccc(F)cc3)ccc21. The summed E-state index contributed by atoms with van der Waals surface area (Å²) in [5.41, 5.74) is 1.25. The molecule has 3 aromatic rings. The Labute approximate surface area is 164 Å². The lowest BCUT2D eigenvalue weighted by molar-refractivity contribution is 0.101. The number of hydrogen-bond donors (Lipinski definition) is 0. The summed E-state index contributed by atoms with van der Waals surface area (Å²) in [6, 6.07) is 15.0. The van der Waals surface area contributed by atoms with Gasteiger partial charge in [0.2, 0.25) is 5.78 Å². The molecule has 28 heavy (non-hydrogen) atoms. The first-order chi connectivity index (χ1) is 13.5. The lowest BCUT2D eigenvalue weighted by Gasteiger charge is -2.07. The Morgan fingerprint density at radius 1 is 1.04 bits per heavy atom. The number of rotatable bonds is 4. The number of halogens is 3. The first kappa shape index (κ1) is 18.2. The van der Waals surface area contributed by atoms with Crippen molar-refractivity contribution in [2.45, 2.75) is 6.61 Å². The zero-order valence-corrected chi connectivity index (χ0v) is 15.2. The van der Waals surface area contributed by atoms with Crippen LogP contribution in [0.1, 0.15) is 21.5 Å². The van der Waals surface area contributed by atoms with Crippen molar-refractivity contribution in [3.8, 4) is 11.5 Å². The van der Waals surface area contributed by atoms with Gasteiger partial charge < -0.3 is 9.47 Å². The van der Waals surface area contributed by atoms with Gasteiger partial charge in [-0.15, -0.1) is 0 Å². The van der Waals surface area contributed by atoms with E-state index in [9.17, 15) is 13.6 Å². The summed E-state index contributed by atoms with van der Waals surface area (Å²) in [6.07, 6.45) is 1.29. The minimum atomic E-state index is -0.546. The van der Waals surface area contributed by atoms with E-state index in [1.54, 1.807) is 30.3 Å². The second-order valence-electron chi connectivity index (χ2n) is 6.15. The molecule has 1 aliphatic rings. The molecule has 0 amide bonds. The van der Waals surface area contributed by atoms with Crippen LogP contribution < -0.4 is 9.47 Å². The monoisotopic (exact) mass is 398 g/mol. The molecule has 0 aliphatic carbocycles. The molecule has 1 heterocycles. The predicted molar refractivity (Wildman–Crippen MR) is 102 cm³/mol. The summed E-state index contributed by atoms with van der Waals surface area (Å²) in [5.74, 6) is -0.434. The van der Waals surface area contributed by atoms with Gasteiger partial charge in [-0.25, -0.2) is 8.78 Å². The molecule has 4 rings (SSSR count). The van der Waals surface area contributed by atoms with Gasteiger partial charge in [-0.05, 0) is 48.0 Å². The molecule has 3 nitrogen and oxygen atoms in total. The van der Waals surface area contributed by atoms with Gasteiger partial charge in [0, 0.05) is 11.6 Å². The third kappa shape index (κ3) is 3.62. The molecule has 140 valence electrons. The lowest BCUT2D eigenvalue weighted by atomic mass is 10.1. The predicted octanol–water partition coefficient (Wildman–Crippen LogP) is 5.81. The number of allylic oxidation sites excluding steroid dienone is 1. The second-order valence-corrected chi connectivity index (χ2v) is 6.56. The molecule has 0 fully saturated rings. The minimum Gasteiger partial charge on any atom is -0.489 e. The number of ketones is 1. The summed E-state index contributed by atoms with van der Waals surface area (Å²) in [5, 5.41) is 0.183. The standard InChI is InChI=1S/C22H13ClF2O3/c23-18-2-1-3-19(25)17(18)11-21-22(26)16-9-8-15(10-20(16)28-21)27-12-13-4-6-14(24)7-5-13/h1-11H,12H2/b21-11-. The fourth-order valence-electron chi connectivity index (χ4n) is 2.78. The van der Waals surface area contributed by atoms with Crippen molar-refractivity contribution < 1.29 is 23.0 Å². The van der Waals surface area contributed by atoms with E-state index in [1.165, 1.54) is 36.4 Å². The van der Waals surface area contributed by atoms with Crippen LogP contribution >= 0.6 is 11.6 Å². The number of ether oxygens (including phenoxy) is 2. The van der Waals surface area contributed by atoms with Gasteiger partial charge in [-0.2, -0.15) is 0 Å². The van der Waals surface area contributed by atoms with E-state index in [0.717, 1.165) is 5.56 Å². The van der Waals surface area contributed by atoms with Crippen LogP contribution in [0.5, 0.6) is 11.5 Å². The Hall–Kier alpha value is -3.18. The van der Waals surface area contributed by atoms with Crippen LogP contribution in [-0.2, 0) is 6.61 Å². The summed E-state index contributed by atoms with van der Waals surface area (Å²) in [4.78, 5) is 12.5. The first-order valence-electron chi connectivity index (χ1n) is 8.41. The van der Waals surface area contributed by atoms with Crippen molar-refractivity contribution in [2.24, 2.45) is 0 Å². The van der Waals surface area contributed by atoms with E-state index in [1.807, 2.05) is 0 Å². The molecule has 0 bridgehead atoms. The molecule has 0 radical (unpaired) electrons. The summed E-state index contributed by atoms with van der Waals surface area (Å²) in [7, 11) is 0. The molecule has 0 unspecified atom stereocenters. The first-order valence-corrected chi connectivity index (χ1v) is 8.78. The minimum absolute atomic E-state index is 0.0160. The average molecular weight is 399 g/mol. The number of fused-ring (bicyclic) bond motifs is 1. The summed E-state index contributed by atoms with van der Waals surface area (Å²) < 4.78 is 38.2. The number of benzene rings is 3. The van der Waals surface area contributed by atoms with Crippen molar-refractivity contribution in [3.05, 3.63) is 99.8 Å². The van der Waals surface area contributed by atoms with Crippen LogP contribution in [0.2, 0.25) is 5.02 Å². The van der Waals surface area contributed by atoms with E-state index in [2.05, 4.69) is 0 Å². The number of hydrogen-bond acceptors (Lipinski definition) is 3.